The molecule has 0 bridgehead atoms. The molecule has 12 heavy (non-hydrogen) atoms. The van der Waals surface area contributed by atoms with Crippen molar-refractivity contribution in [1.82, 2.24) is 0 Å². The van der Waals surface area contributed by atoms with Gasteiger partial charge < -0.3 is 0 Å². The molecule has 1 aliphatic rings. The zero-order valence-electron chi connectivity index (χ0n) is 8.55. The van der Waals surface area contributed by atoms with Crippen LogP contribution < -0.4 is 0 Å². The smallest absolute Gasteiger partial charge is 0.0348 e. The summed E-state index contributed by atoms with van der Waals surface area (Å²) in [6.45, 7) is 4.82. The van der Waals surface area contributed by atoms with Gasteiger partial charge in [-0.15, -0.1) is 0 Å². The summed E-state index contributed by atoms with van der Waals surface area (Å²) in [4.78, 5) is 0. The Morgan fingerprint density at radius 3 is 2.33 bits per heavy atom. The molecule has 0 heteroatoms. The van der Waals surface area contributed by atoms with Crippen molar-refractivity contribution in [2.75, 3.05) is 0 Å². The zero-order chi connectivity index (χ0) is 8.81. The van der Waals surface area contributed by atoms with Crippen molar-refractivity contribution >= 4 is 0 Å². The van der Waals surface area contributed by atoms with Gasteiger partial charge in [0.25, 0.3) is 0 Å². The van der Waals surface area contributed by atoms with Gasteiger partial charge in [0.15, 0.2) is 0 Å². The maximum absolute atomic E-state index is 2.41. The van der Waals surface area contributed by atoms with E-state index < -0.39 is 0 Å². The van der Waals surface area contributed by atoms with E-state index in [1.54, 1.807) is 0 Å². The number of rotatable bonds is 0. The molecule has 2 atom stereocenters. The van der Waals surface area contributed by atoms with E-state index in [-0.39, 0.29) is 0 Å². The van der Waals surface area contributed by atoms with Gasteiger partial charge in [0.05, 0.1) is 0 Å². The van der Waals surface area contributed by atoms with Gasteiger partial charge in [-0.2, -0.15) is 0 Å². The summed E-state index contributed by atoms with van der Waals surface area (Å²) in [5.41, 5.74) is 0. The van der Waals surface area contributed by atoms with Crippen LogP contribution in [0.2, 0.25) is 0 Å². The summed E-state index contributed by atoms with van der Waals surface area (Å²) in [6, 6.07) is 0. The first kappa shape index (κ1) is 9.83. The van der Waals surface area contributed by atoms with Crippen LogP contribution in [0.3, 0.4) is 0 Å². The van der Waals surface area contributed by atoms with Gasteiger partial charge in [-0.3, -0.25) is 0 Å². The SMILES string of the molecule is CC1CCC=CCCCCC1C. The van der Waals surface area contributed by atoms with Crippen LogP contribution in [0.15, 0.2) is 12.2 Å². The van der Waals surface area contributed by atoms with Crippen molar-refractivity contribution in [2.24, 2.45) is 11.8 Å². The number of hydrogen-bond donors (Lipinski definition) is 0. The minimum atomic E-state index is 0.924. The molecule has 0 saturated carbocycles. The Labute approximate surface area is 77.1 Å². The van der Waals surface area contributed by atoms with E-state index in [1.165, 1.54) is 38.5 Å². The van der Waals surface area contributed by atoms with Crippen molar-refractivity contribution in [3.05, 3.63) is 12.2 Å². The Balaban J connectivity index is 2.36. The van der Waals surface area contributed by atoms with Gasteiger partial charge in [0.2, 0.25) is 0 Å². The predicted molar refractivity (Wildman–Crippen MR) is 55.2 cm³/mol. The molecule has 0 spiro atoms. The van der Waals surface area contributed by atoms with Crippen LogP contribution in [-0.4, -0.2) is 0 Å². The van der Waals surface area contributed by atoms with Gasteiger partial charge in [0.1, 0.15) is 0 Å². The van der Waals surface area contributed by atoms with Crippen molar-refractivity contribution in [1.29, 1.82) is 0 Å². The summed E-state index contributed by atoms with van der Waals surface area (Å²) < 4.78 is 0. The molecule has 0 amide bonds. The summed E-state index contributed by atoms with van der Waals surface area (Å²) in [6.07, 6.45) is 13.0. The van der Waals surface area contributed by atoms with E-state index >= 15 is 0 Å². The molecule has 70 valence electrons. The molecule has 1 aliphatic carbocycles. The highest BCUT2D eigenvalue weighted by Gasteiger charge is 2.11. The topological polar surface area (TPSA) is 0 Å². The summed E-state index contributed by atoms with van der Waals surface area (Å²) >= 11 is 0. The third kappa shape index (κ3) is 3.42. The highest BCUT2D eigenvalue weighted by atomic mass is 14.2. The first-order chi connectivity index (χ1) is 5.80. The largest absolute Gasteiger partial charge is 0.0885 e. The van der Waals surface area contributed by atoms with E-state index in [0.29, 0.717) is 0 Å². The van der Waals surface area contributed by atoms with Crippen LogP contribution in [0.25, 0.3) is 0 Å². The highest BCUT2D eigenvalue weighted by molar-refractivity contribution is 4.83. The van der Waals surface area contributed by atoms with Crippen molar-refractivity contribution in [3.63, 3.8) is 0 Å². The summed E-state index contributed by atoms with van der Waals surface area (Å²) in [5.74, 6) is 1.87. The van der Waals surface area contributed by atoms with Crippen LogP contribution in [0, 0.1) is 11.8 Å². The fraction of sp³-hybridized carbons (Fsp3) is 0.833. The first-order valence-corrected chi connectivity index (χ1v) is 5.45. The molecule has 2 unspecified atom stereocenters. The van der Waals surface area contributed by atoms with Crippen LogP contribution in [0.5, 0.6) is 0 Å². The van der Waals surface area contributed by atoms with E-state index in [2.05, 4.69) is 26.0 Å². The molecule has 0 aromatic heterocycles. The lowest BCUT2D eigenvalue weighted by atomic mass is 9.87. The third-order valence-electron chi connectivity index (χ3n) is 3.21. The second kappa shape index (κ2) is 5.40. The molecule has 0 saturated heterocycles. The van der Waals surface area contributed by atoms with Crippen molar-refractivity contribution in [2.45, 2.75) is 52.4 Å². The Kier molecular flexibility index (Phi) is 4.42. The Hall–Kier alpha value is -0.260. The summed E-state index contributed by atoms with van der Waals surface area (Å²) in [5, 5.41) is 0. The van der Waals surface area contributed by atoms with Gasteiger partial charge in [-0.25, -0.2) is 0 Å². The predicted octanol–water partition coefficient (Wildman–Crippen LogP) is 4.17. The van der Waals surface area contributed by atoms with Crippen LogP contribution >= 0.6 is 0 Å². The lowest BCUT2D eigenvalue weighted by Gasteiger charge is -2.19. The normalized spacial score (nSPS) is 33.2. The minimum Gasteiger partial charge on any atom is -0.0885 e. The van der Waals surface area contributed by atoms with Gasteiger partial charge in [-0.1, -0.05) is 38.8 Å². The molecule has 0 fully saturated rings. The average Bonchev–Trinajstić information content (AvgIpc) is 2.08. The van der Waals surface area contributed by atoms with E-state index in [9.17, 15) is 0 Å². The number of allylic oxidation sites excluding steroid dienone is 2. The fourth-order valence-electron chi connectivity index (χ4n) is 1.89. The molecule has 0 aromatic carbocycles. The third-order valence-corrected chi connectivity index (χ3v) is 3.21. The fourth-order valence-corrected chi connectivity index (χ4v) is 1.89. The minimum absolute atomic E-state index is 0.924. The van der Waals surface area contributed by atoms with Crippen LogP contribution in [0.1, 0.15) is 52.4 Å². The lowest BCUT2D eigenvalue weighted by Crippen LogP contribution is -2.08. The van der Waals surface area contributed by atoms with Gasteiger partial charge in [-0.05, 0) is 37.5 Å². The average molecular weight is 166 g/mol. The molecule has 0 nitrogen and oxygen atoms in total. The maximum Gasteiger partial charge on any atom is -0.0348 e. The van der Waals surface area contributed by atoms with Crippen molar-refractivity contribution < 1.29 is 0 Å². The molecular formula is C12H22. The molecule has 0 aliphatic heterocycles. The number of hydrogen-bond acceptors (Lipinski definition) is 0. The Morgan fingerprint density at radius 1 is 0.833 bits per heavy atom. The lowest BCUT2D eigenvalue weighted by molar-refractivity contribution is 0.334. The molecule has 0 radical (unpaired) electrons. The van der Waals surface area contributed by atoms with E-state index in [4.69, 9.17) is 0 Å². The summed E-state index contributed by atoms with van der Waals surface area (Å²) in [7, 11) is 0. The van der Waals surface area contributed by atoms with E-state index in [0.717, 1.165) is 11.8 Å². The molecule has 0 N–H and O–H groups in total. The molecule has 0 heterocycles. The quantitative estimate of drug-likeness (QED) is 0.474. The highest BCUT2D eigenvalue weighted by Crippen LogP contribution is 2.23. The van der Waals surface area contributed by atoms with Crippen LogP contribution in [-0.2, 0) is 0 Å². The standard InChI is InChI=1S/C12H22/c1-11-9-7-5-3-4-6-8-10-12(11)2/h3,5,11-12H,4,6-10H2,1-2H3. The second-order valence-electron chi connectivity index (χ2n) is 4.29. The van der Waals surface area contributed by atoms with Crippen LogP contribution in [0.4, 0.5) is 0 Å². The zero-order valence-corrected chi connectivity index (χ0v) is 8.55. The first-order valence-electron chi connectivity index (χ1n) is 5.45. The Bertz CT molecular complexity index is 135. The second-order valence-corrected chi connectivity index (χ2v) is 4.29. The Morgan fingerprint density at radius 2 is 1.50 bits per heavy atom. The van der Waals surface area contributed by atoms with Gasteiger partial charge >= 0.3 is 0 Å². The monoisotopic (exact) mass is 166 g/mol. The van der Waals surface area contributed by atoms with Gasteiger partial charge in [0, 0.05) is 0 Å². The molecular weight excluding hydrogens is 144 g/mol. The van der Waals surface area contributed by atoms with Crippen molar-refractivity contribution in [3.8, 4) is 0 Å². The molecule has 0 aromatic rings. The maximum atomic E-state index is 2.41. The van der Waals surface area contributed by atoms with E-state index in [1.807, 2.05) is 0 Å². The molecule has 1 rings (SSSR count).